The van der Waals surface area contributed by atoms with Gasteiger partial charge in [-0.2, -0.15) is 5.26 Å². The van der Waals surface area contributed by atoms with E-state index in [9.17, 15) is 12.8 Å². The highest BCUT2D eigenvalue weighted by atomic mass is 79.9. The summed E-state index contributed by atoms with van der Waals surface area (Å²) in [6, 6.07) is 8.74. The van der Waals surface area contributed by atoms with Gasteiger partial charge in [-0.3, -0.25) is 4.31 Å². The van der Waals surface area contributed by atoms with Crippen molar-refractivity contribution in [2.24, 2.45) is 0 Å². The van der Waals surface area contributed by atoms with Crippen LogP contribution in [0.5, 0.6) is 0 Å². The molecule has 0 bridgehead atoms. The highest BCUT2D eigenvalue weighted by Gasteiger charge is 2.32. The Hall–Kier alpha value is -1.98. The second-order valence-electron chi connectivity index (χ2n) is 5.01. The van der Waals surface area contributed by atoms with Gasteiger partial charge in [0.1, 0.15) is 15.6 Å². The second-order valence-corrected chi connectivity index (χ2v) is 7.65. The monoisotopic (exact) mass is 395 g/mol. The van der Waals surface area contributed by atoms with E-state index >= 15 is 0 Å². The number of sulfonamides is 1. The molecule has 0 unspecified atom stereocenters. The lowest BCUT2D eigenvalue weighted by atomic mass is 10.1. The number of nitriles is 1. The van der Waals surface area contributed by atoms with Crippen LogP contribution in [0.3, 0.4) is 0 Å². The van der Waals surface area contributed by atoms with Crippen molar-refractivity contribution in [1.82, 2.24) is 4.98 Å². The summed E-state index contributed by atoms with van der Waals surface area (Å²) in [7, 11) is -4.10. The van der Waals surface area contributed by atoms with Gasteiger partial charge in [0.25, 0.3) is 10.0 Å². The standard InChI is InChI=1S/C15H11BrFN3O2S/c16-14-7-6-12-11(19-14)4-2-8-20(12)23(21,22)13-5-1-3-10(9-18)15(13)17/h1,3,5-7H,2,4,8H2. The molecule has 8 heteroatoms. The number of rotatable bonds is 2. The van der Waals surface area contributed by atoms with E-state index in [1.54, 1.807) is 18.2 Å². The Morgan fingerprint density at radius 1 is 1.30 bits per heavy atom. The van der Waals surface area contributed by atoms with E-state index in [1.807, 2.05) is 0 Å². The molecule has 0 amide bonds. The van der Waals surface area contributed by atoms with Gasteiger partial charge in [0, 0.05) is 6.54 Å². The zero-order valence-electron chi connectivity index (χ0n) is 11.8. The number of benzene rings is 1. The first-order valence-corrected chi connectivity index (χ1v) is 9.05. The number of pyridine rings is 1. The van der Waals surface area contributed by atoms with Crippen LogP contribution in [0.25, 0.3) is 0 Å². The Balaban J connectivity index is 2.15. The number of halogens is 2. The van der Waals surface area contributed by atoms with Gasteiger partial charge < -0.3 is 0 Å². The third-order valence-corrected chi connectivity index (χ3v) is 5.88. The van der Waals surface area contributed by atoms with E-state index in [-0.39, 0.29) is 12.1 Å². The van der Waals surface area contributed by atoms with Gasteiger partial charge in [0.05, 0.1) is 16.9 Å². The van der Waals surface area contributed by atoms with Crippen molar-refractivity contribution in [3.63, 3.8) is 0 Å². The lowest BCUT2D eigenvalue weighted by Crippen LogP contribution is -2.36. The van der Waals surface area contributed by atoms with Crippen molar-refractivity contribution in [3.05, 3.63) is 52.0 Å². The molecule has 1 aliphatic rings. The van der Waals surface area contributed by atoms with Gasteiger partial charge in [-0.05, 0) is 53.0 Å². The normalized spacial score (nSPS) is 14.2. The second kappa shape index (κ2) is 5.91. The highest BCUT2D eigenvalue weighted by molar-refractivity contribution is 9.10. The summed E-state index contributed by atoms with van der Waals surface area (Å²) >= 11 is 3.26. The summed E-state index contributed by atoms with van der Waals surface area (Å²) in [6.45, 7) is 0.245. The maximum Gasteiger partial charge on any atom is 0.267 e. The van der Waals surface area contributed by atoms with Crippen molar-refractivity contribution in [2.45, 2.75) is 17.7 Å². The molecular weight excluding hydrogens is 385 g/mol. The molecule has 23 heavy (non-hydrogen) atoms. The fourth-order valence-corrected chi connectivity index (χ4v) is 4.52. The third-order valence-electron chi connectivity index (χ3n) is 3.61. The lowest BCUT2D eigenvalue weighted by molar-refractivity contribution is 0.559. The number of nitrogens with zero attached hydrogens (tertiary/aromatic N) is 3. The van der Waals surface area contributed by atoms with Crippen LogP contribution in [-0.4, -0.2) is 19.9 Å². The number of anilines is 1. The minimum absolute atomic E-state index is 0.245. The molecule has 0 N–H and O–H groups in total. The smallest absolute Gasteiger partial charge is 0.264 e. The number of hydrogen-bond acceptors (Lipinski definition) is 4. The van der Waals surface area contributed by atoms with Crippen molar-refractivity contribution < 1.29 is 12.8 Å². The molecule has 0 spiro atoms. The quantitative estimate of drug-likeness (QED) is 0.732. The number of aromatic nitrogens is 1. The van der Waals surface area contributed by atoms with Crippen molar-refractivity contribution >= 4 is 31.6 Å². The Bertz CT molecular complexity index is 925. The molecule has 1 aromatic heterocycles. The summed E-state index contributed by atoms with van der Waals surface area (Å²) in [6.07, 6.45) is 1.25. The minimum atomic E-state index is -4.10. The van der Waals surface area contributed by atoms with Crippen molar-refractivity contribution in [3.8, 4) is 6.07 Å². The molecule has 5 nitrogen and oxygen atoms in total. The molecule has 0 atom stereocenters. The fraction of sp³-hybridized carbons (Fsp3) is 0.200. The molecule has 0 aliphatic carbocycles. The molecule has 0 saturated carbocycles. The Labute approximate surface area is 141 Å². The Kier molecular flexibility index (Phi) is 4.08. The first kappa shape index (κ1) is 15.9. The summed E-state index contributed by atoms with van der Waals surface area (Å²) < 4.78 is 41.8. The van der Waals surface area contributed by atoms with Crippen LogP contribution < -0.4 is 4.31 Å². The average Bonchev–Trinajstić information content (AvgIpc) is 2.54. The molecule has 118 valence electrons. The van der Waals surface area contributed by atoms with E-state index in [0.717, 1.165) is 4.31 Å². The molecule has 0 fully saturated rings. The Morgan fingerprint density at radius 2 is 2.09 bits per heavy atom. The largest absolute Gasteiger partial charge is 0.267 e. The molecule has 1 aliphatic heterocycles. The minimum Gasteiger partial charge on any atom is -0.264 e. The van der Waals surface area contributed by atoms with Crippen LogP contribution in [0.15, 0.2) is 39.8 Å². The molecule has 0 saturated heterocycles. The lowest BCUT2D eigenvalue weighted by Gasteiger charge is -2.30. The van der Waals surface area contributed by atoms with Crippen molar-refractivity contribution in [2.75, 3.05) is 10.8 Å². The maximum atomic E-state index is 14.3. The van der Waals surface area contributed by atoms with E-state index in [1.165, 1.54) is 18.2 Å². The van der Waals surface area contributed by atoms with Crippen LogP contribution in [0, 0.1) is 17.1 Å². The SMILES string of the molecule is N#Cc1cccc(S(=O)(=O)N2CCCc3nc(Br)ccc32)c1F. The number of fused-ring (bicyclic) bond motifs is 1. The predicted octanol–water partition coefficient (Wildman–Crippen LogP) is 3.00. The van der Waals surface area contributed by atoms with E-state index < -0.39 is 20.7 Å². The summed E-state index contributed by atoms with van der Waals surface area (Å²) in [5, 5.41) is 8.89. The zero-order chi connectivity index (χ0) is 16.6. The summed E-state index contributed by atoms with van der Waals surface area (Å²) in [5.41, 5.74) is 0.796. The zero-order valence-corrected chi connectivity index (χ0v) is 14.2. The van der Waals surface area contributed by atoms with Crippen molar-refractivity contribution in [1.29, 1.82) is 5.26 Å². The van der Waals surface area contributed by atoms with Crippen LogP contribution in [0.1, 0.15) is 17.7 Å². The Morgan fingerprint density at radius 3 is 2.83 bits per heavy atom. The molecular formula is C15H11BrFN3O2S. The van der Waals surface area contributed by atoms with E-state index in [2.05, 4.69) is 20.9 Å². The molecule has 1 aromatic carbocycles. The number of aryl methyl sites for hydroxylation is 1. The average molecular weight is 396 g/mol. The molecule has 2 aromatic rings. The predicted molar refractivity (Wildman–Crippen MR) is 85.9 cm³/mol. The van der Waals surface area contributed by atoms with Crippen LogP contribution in [-0.2, 0) is 16.4 Å². The first-order valence-electron chi connectivity index (χ1n) is 6.82. The molecule has 0 radical (unpaired) electrons. The van der Waals surface area contributed by atoms with Gasteiger partial charge in [-0.15, -0.1) is 0 Å². The van der Waals surface area contributed by atoms with Gasteiger partial charge in [0.2, 0.25) is 0 Å². The fourth-order valence-electron chi connectivity index (χ4n) is 2.55. The highest BCUT2D eigenvalue weighted by Crippen LogP contribution is 2.33. The van der Waals surface area contributed by atoms with Gasteiger partial charge in [-0.1, -0.05) is 6.07 Å². The van der Waals surface area contributed by atoms with Gasteiger partial charge in [-0.25, -0.2) is 17.8 Å². The maximum absolute atomic E-state index is 14.3. The van der Waals surface area contributed by atoms with Gasteiger partial charge >= 0.3 is 0 Å². The molecule has 3 rings (SSSR count). The van der Waals surface area contributed by atoms with E-state index in [0.29, 0.717) is 28.8 Å². The summed E-state index contributed by atoms with van der Waals surface area (Å²) in [4.78, 5) is 3.80. The summed E-state index contributed by atoms with van der Waals surface area (Å²) in [5.74, 6) is -1.02. The first-order chi connectivity index (χ1) is 10.9. The molecule has 2 heterocycles. The topological polar surface area (TPSA) is 74.1 Å². The van der Waals surface area contributed by atoms with Crippen LogP contribution in [0.2, 0.25) is 0 Å². The number of hydrogen-bond donors (Lipinski definition) is 0. The third kappa shape index (κ3) is 2.71. The van der Waals surface area contributed by atoms with Crippen LogP contribution >= 0.6 is 15.9 Å². The van der Waals surface area contributed by atoms with Gasteiger partial charge in [0.15, 0.2) is 5.82 Å². The van der Waals surface area contributed by atoms with E-state index in [4.69, 9.17) is 5.26 Å². The van der Waals surface area contributed by atoms with Crippen LogP contribution in [0.4, 0.5) is 10.1 Å².